The molecule has 0 aliphatic rings. The smallest absolute Gasteiger partial charge is 0.191 e. The van der Waals surface area contributed by atoms with Crippen LogP contribution in [0, 0.1) is 0 Å². The third-order valence-electron chi connectivity index (χ3n) is 3.70. The average Bonchev–Trinajstić information content (AvgIpc) is 2.52. The van der Waals surface area contributed by atoms with Crippen molar-refractivity contribution in [2.75, 3.05) is 53.1 Å². The summed E-state index contributed by atoms with van der Waals surface area (Å²) in [5.74, 6) is 0.898. The van der Waals surface area contributed by atoms with E-state index < -0.39 is 0 Å². The Morgan fingerprint density at radius 3 is 2.29 bits per heavy atom. The number of rotatable bonds is 14. The second-order valence-electron chi connectivity index (χ2n) is 6.43. The van der Waals surface area contributed by atoms with E-state index in [1.54, 1.807) is 7.11 Å². The van der Waals surface area contributed by atoms with Crippen LogP contribution in [-0.4, -0.2) is 76.1 Å². The van der Waals surface area contributed by atoms with Crippen molar-refractivity contribution in [1.29, 1.82) is 0 Å². The molecule has 2 N–H and O–H groups in total. The summed E-state index contributed by atoms with van der Waals surface area (Å²) in [6.45, 7) is 16.8. The lowest BCUT2D eigenvalue weighted by molar-refractivity contribution is 0.0702. The second kappa shape index (κ2) is 15.7. The summed E-state index contributed by atoms with van der Waals surface area (Å²) in [5.41, 5.74) is 0. The zero-order valence-electron chi connectivity index (χ0n) is 16.7. The van der Waals surface area contributed by atoms with Crippen molar-refractivity contribution in [3.8, 4) is 0 Å². The van der Waals surface area contributed by atoms with Gasteiger partial charge in [-0.2, -0.15) is 0 Å². The van der Waals surface area contributed by atoms with Crippen molar-refractivity contribution in [3.05, 3.63) is 0 Å². The summed E-state index contributed by atoms with van der Waals surface area (Å²) in [7, 11) is 1.68. The quantitative estimate of drug-likeness (QED) is 0.287. The van der Waals surface area contributed by atoms with E-state index in [1.807, 2.05) is 0 Å². The Labute approximate surface area is 149 Å². The van der Waals surface area contributed by atoms with E-state index in [2.05, 4.69) is 55.1 Å². The topological polar surface area (TPSA) is 58.1 Å². The molecule has 0 atom stereocenters. The number of guanidine groups is 1. The number of hydrogen-bond donors (Lipinski definition) is 2. The van der Waals surface area contributed by atoms with Crippen molar-refractivity contribution in [2.24, 2.45) is 4.99 Å². The van der Waals surface area contributed by atoms with E-state index in [-0.39, 0.29) is 0 Å². The Morgan fingerprint density at radius 1 is 1.00 bits per heavy atom. The van der Waals surface area contributed by atoms with Crippen LogP contribution in [0.4, 0.5) is 0 Å². The fourth-order valence-corrected chi connectivity index (χ4v) is 2.52. The highest BCUT2D eigenvalue weighted by Gasteiger charge is 2.12. The first-order valence-corrected chi connectivity index (χ1v) is 9.37. The average molecular weight is 345 g/mol. The highest BCUT2D eigenvalue weighted by atomic mass is 16.5. The van der Waals surface area contributed by atoms with Crippen LogP contribution in [0.1, 0.15) is 47.5 Å². The van der Waals surface area contributed by atoms with Crippen molar-refractivity contribution >= 4 is 5.96 Å². The van der Waals surface area contributed by atoms with Gasteiger partial charge < -0.3 is 20.1 Å². The molecule has 0 fully saturated rings. The maximum absolute atomic E-state index is 5.44. The molecule has 24 heavy (non-hydrogen) atoms. The number of hydrogen-bond acceptors (Lipinski definition) is 4. The molecule has 0 radical (unpaired) electrons. The highest BCUT2D eigenvalue weighted by molar-refractivity contribution is 5.79. The van der Waals surface area contributed by atoms with E-state index in [9.17, 15) is 0 Å². The van der Waals surface area contributed by atoms with Crippen LogP contribution in [-0.2, 0) is 9.47 Å². The molecule has 0 amide bonds. The second-order valence-corrected chi connectivity index (χ2v) is 6.43. The molecule has 0 aromatic carbocycles. The zero-order valence-corrected chi connectivity index (χ0v) is 16.7. The molecule has 0 saturated carbocycles. The number of nitrogens with zero attached hydrogens (tertiary/aromatic N) is 2. The molecule has 0 bridgehead atoms. The molecule has 0 aromatic heterocycles. The number of methoxy groups -OCH3 is 1. The van der Waals surface area contributed by atoms with Gasteiger partial charge in [0.05, 0.1) is 13.2 Å². The van der Waals surface area contributed by atoms with Gasteiger partial charge in [0.25, 0.3) is 0 Å². The van der Waals surface area contributed by atoms with Crippen molar-refractivity contribution < 1.29 is 9.47 Å². The van der Waals surface area contributed by atoms with Crippen LogP contribution in [0.15, 0.2) is 4.99 Å². The fraction of sp³-hybridized carbons (Fsp3) is 0.944. The summed E-state index contributed by atoms with van der Waals surface area (Å²) < 4.78 is 10.4. The first-order chi connectivity index (χ1) is 11.5. The van der Waals surface area contributed by atoms with Crippen molar-refractivity contribution in [1.82, 2.24) is 15.5 Å². The molecule has 144 valence electrons. The number of nitrogens with one attached hydrogen (secondary N) is 2. The molecule has 0 aliphatic heterocycles. The van der Waals surface area contributed by atoms with Gasteiger partial charge in [0.15, 0.2) is 5.96 Å². The maximum atomic E-state index is 5.44. The molecule has 0 heterocycles. The summed E-state index contributed by atoms with van der Waals surface area (Å²) >= 11 is 0. The molecule has 0 aliphatic carbocycles. The Kier molecular flexibility index (Phi) is 15.1. The summed E-state index contributed by atoms with van der Waals surface area (Å²) in [4.78, 5) is 7.10. The van der Waals surface area contributed by atoms with E-state index >= 15 is 0 Å². The van der Waals surface area contributed by atoms with Crippen molar-refractivity contribution in [2.45, 2.75) is 59.5 Å². The lowest BCUT2D eigenvalue weighted by Crippen LogP contribution is -2.41. The highest BCUT2D eigenvalue weighted by Crippen LogP contribution is 2.05. The summed E-state index contributed by atoms with van der Waals surface area (Å²) in [6, 6.07) is 1.18. The minimum Gasteiger partial charge on any atom is -0.382 e. The van der Waals surface area contributed by atoms with Crippen LogP contribution >= 0.6 is 0 Å². The lowest BCUT2D eigenvalue weighted by Gasteiger charge is -2.30. The SMILES string of the molecule is CCNC(=NCCCOCCOC)NCCCN(C(C)C)C(C)C. The maximum Gasteiger partial charge on any atom is 0.191 e. The molecule has 6 nitrogen and oxygen atoms in total. The Bertz CT molecular complexity index is 301. The van der Waals surface area contributed by atoms with Gasteiger partial charge in [0.1, 0.15) is 0 Å². The first kappa shape index (κ1) is 23.1. The predicted octanol–water partition coefficient (Wildman–Crippen LogP) is 2.10. The predicted molar refractivity (Wildman–Crippen MR) is 103 cm³/mol. The fourth-order valence-electron chi connectivity index (χ4n) is 2.52. The van der Waals surface area contributed by atoms with Gasteiger partial charge in [-0.1, -0.05) is 0 Å². The molecule has 6 heteroatoms. The van der Waals surface area contributed by atoms with Crippen LogP contribution in [0.3, 0.4) is 0 Å². The van der Waals surface area contributed by atoms with E-state index in [0.717, 1.165) is 51.6 Å². The lowest BCUT2D eigenvalue weighted by atomic mass is 10.2. The van der Waals surface area contributed by atoms with Gasteiger partial charge in [-0.3, -0.25) is 9.89 Å². The van der Waals surface area contributed by atoms with E-state index in [4.69, 9.17) is 9.47 Å². The minimum absolute atomic E-state index is 0.588. The van der Waals surface area contributed by atoms with Gasteiger partial charge in [0, 0.05) is 52.0 Å². The Morgan fingerprint density at radius 2 is 1.71 bits per heavy atom. The number of ether oxygens (including phenoxy) is 2. The van der Waals surface area contributed by atoms with Crippen molar-refractivity contribution in [3.63, 3.8) is 0 Å². The molecule has 0 saturated heterocycles. The van der Waals surface area contributed by atoms with Crippen LogP contribution in [0.2, 0.25) is 0 Å². The number of aliphatic imine (C=N–C) groups is 1. The van der Waals surface area contributed by atoms with Crippen LogP contribution < -0.4 is 10.6 Å². The summed E-state index contributed by atoms with van der Waals surface area (Å²) in [5, 5.41) is 6.71. The zero-order chi connectivity index (χ0) is 18.2. The van der Waals surface area contributed by atoms with E-state index in [1.165, 1.54) is 0 Å². The molecular formula is C18H40N4O2. The van der Waals surface area contributed by atoms with Crippen LogP contribution in [0.25, 0.3) is 0 Å². The Balaban J connectivity index is 3.95. The first-order valence-electron chi connectivity index (χ1n) is 9.37. The van der Waals surface area contributed by atoms with Crippen LogP contribution in [0.5, 0.6) is 0 Å². The molecule has 0 spiro atoms. The molecular weight excluding hydrogens is 304 g/mol. The minimum atomic E-state index is 0.588. The van der Waals surface area contributed by atoms with Gasteiger partial charge in [0.2, 0.25) is 0 Å². The molecule has 0 rings (SSSR count). The monoisotopic (exact) mass is 344 g/mol. The third-order valence-corrected chi connectivity index (χ3v) is 3.70. The molecule has 0 aromatic rings. The van der Waals surface area contributed by atoms with E-state index in [0.29, 0.717) is 25.3 Å². The Hall–Kier alpha value is -0.850. The van der Waals surface area contributed by atoms with Gasteiger partial charge in [-0.25, -0.2) is 0 Å². The van der Waals surface area contributed by atoms with Gasteiger partial charge >= 0.3 is 0 Å². The third kappa shape index (κ3) is 12.6. The molecule has 0 unspecified atom stereocenters. The normalized spacial score (nSPS) is 12.5. The van der Waals surface area contributed by atoms with Gasteiger partial charge in [-0.15, -0.1) is 0 Å². The van der Waals surface area contributed by atoms with Gasteiger partial charge in [-0.05, 0) is 47.5 Å². The summed E-state index contributed by atoms with van der Waals surface area (Å²) in [6.07, 6.45) is 2.04. The largest absolute Gasteiger partial charge is 0.382 e. The standard InChI is InChI=1S/C18H40N4O2/c1-7-19-18(21-11-9-13-24-15-14-23-6)20-10-8-12-22(16(2)3)17(4)5/h16-17H,7-15H2,1-6H3,(H2,19,20,21).